The Morgan fingerprint density at radius 1 is 1.32 bits per heavy atom. The number of hydrogen-bond donors (Lipinski definition) is 1. The van der Waals surface area contributed by atoms with Gasteiger partial charge in [-0.15, -0.1) is 23.7 Å². The normalized spacial score (nSPS) is 25.0. The molecule has 0 radical (unpaired) electrons. The topological polar surface area (TPSA) is 83.7 Å². The highest BCUT2D eigenvalue weighted by Crippen LogP contribution is 2.31. The van der Waals surface area contributed by atoms with Crippen LogP contribution in [0.4, 0.5) is 0 Å². The molecule has 1 aromatic rings. The molecule has 3 rings (SSSR count). The number of carbonyl (C=O) groups is 1. The summed E-state index contributed by atoms with van der Waals surface area (Å²) in [5.41, 5.74) is 5.74. The number of hydrogen-bond acceptors (Lipinski definition) is 5. The maximum absolute atomic E-state index is 12.9. The van der Waals surface area contributed by atoms with Crippen LogP contribution in [-0.4, -0.2) is 55.8 Å². The second-order valence-corrected chi connectivity index (χ2v) is 9.55. The summed E-state index contributed by atoms with van der Waals surface area (Å²) in [7, 11) is -3.59. The first-order valence-corrected chi connectivity index (χ1v) is 10.9. The van der Waals surface area contributed by atoms with Gasteiger partial charge in [-0.25, -0.2) is 8.42 Å². The number of amides is 1. The van der Waals surface area contributed by atoms with Gasteiger partial charge in [0.2, 0.25) is 10.0 Å². The molecule has 0 spiro atoms. The number of thiophene rings is 1. The van der Waals surface area contributed by atoms with Crippen molar-refractivity contribution < 1.29 is 13.2 Å². The molecule has 0 saturated carbocycles. The van der Waals surface area contributed by atoms with Crippen molar-refractivity contribution in [1.82, 2.24) is 9.21 Å². The number of piperidine rings is 1. The van der Waals surface area contributed by atoms with Gasteiger partial charge in [0, 0.05) is 25.7 Å². The Kier molecular flexibility index (Phi) is 6.89. The van der Waals surface area contributed by atoms with Gasteiger partial charge in [0.05, 0.1) is 0 Å². The fourth-order valence-corrected chi connectivity index (χ4v) is 6.50. The Balaban J connectivity index is 0.00000225. The molecule has 0 aromatic carbocycles. The zero-order valence-corrected chi connectivity index (χ0v) is 16.8. The van der Waals surface area contributed by atoms with Crippen molar-refractivity contribution in [2.75, 3.05) is 26.2 Å². The summed E-state index contributed by atoms with van der Waals surface area (Å²) in [4.78, 5) is 15.2. The van der Waals surface area contributed by atoms with Gasteiger partial charge in [0.15, 0.2) is 0 Å². The number of carbonyl (C=O) groups excluding carboxylic acids is 1. The van der Waals surface area contributed by atoms with Crippen LogP contribution in [0.2, 0.25) is 0 Å². The van der Waals surface area contributed by atoms with Crippen LogP contribution in [0.5, 0.6) is 0 Å². The zero-order valence-electron chi connectivity index (χ0n) is 14.4. The van der Waals surface area contributed by atoms with Crippen LogP contribution < -0.4 is 5.73 Å². The number of nitrogens with two attached hydrogens (primary N) is 1. The van der Waals surface area contributed by atoms with Gasteiger partial charge in [-0.1, -0.05) is 6.42 Å². The van der Waals surface area contributed by atoms with Gasteiger partial charge in [0.1, 0.15) is 9.77 Å². The predicted octanol–water partition coefficient (Wildman–Crippen LogP) is 2.15. The average Bonchev–Trinajstić information content (AvgIpc) is 3.22. The maximum Gasteiger partial charge on any atom is 0.265 e. The summed E-state index contributed by atoms with van der Waals surface area (Å²) in [6.07, 6.45) is 3.71. The Hall–Kier alpha value is -0.670. The molecule has 2 aliphatic heterocycles. The lowest BCUT2D eigenvalue weighted by Gasteiger charge is -2.26. The fraction of sp³-hybridized carbons (Fsp3) is 0.688. The van der Waals surface area contributed by atoms with Crippen LogP contribution >= 0.6 is 23.7 Å². The predicted molar refractivity (Wildman–Crippen MR) is 102 cm³/mol. The van der Waals surface area contributed by atoms with Crippen molar-refractivity contribution in [3.05, 3.63) is 16.3 Å². The Morgan fingerprint density at radius 3 is 2.60 bits per heavy atom. The Labute approximate surface area is 159 Å². The molecule has 0 bridgehead atoms. The molecule has 142 valence electrons. The van der Waals surface area contributed by atoms with Crippen LogP contribution in [0, 0.1) is 5.92 Å². The van der Waals surface area contributed by atoms with Gasteiger partial charge in [-0.05, 0) is 50.1 Å². The lowest BCUT2D eigenvalue weighted by molar-refractivity contribution is 0.0744. The third kappa shape index (κ3) is 4.03. The molecule has 1 amide bonds. The van der Waals surface area contributed by atoms with E-state index in [1.807, 2.05) is 6.92 Å². The molecule has 9 heteroatoms. The maximum atomic E-state index is 12.9. The minimum atomic E-state index is -3.59. The van der Waals surface area contributed by atoms with E-state index >= 15 is 0 Å². The molecular formula is C16H26ClN3O3S2. The molecule has 2 aliphatic rings. The average molecular weight is 408 g/mol. The summed E-state index contributed by atoms with van der Waals surface area (Å²) < 4.78 is 27.4. The van der Waals surface area contributed by atoms with E-state index in [1.54, 1.807) is 16.3 Å². The van der Waals surface area contributed by atoms with Crippen molar-refractivity contribution >= 4 is 39.7 Å². The largest absolute Gasteiger partial charge is 0.335 e. The first-order chi connectivity index (χ1) is 11.4. The van der Waals surface area contributed by atoms with E-state index in [9.17, 15) is 13.2 Å². The molecule has 2 atom stereocenters. The molecule has 2 saturated heterocycles. The van der Waals surface area contributed by atoms with E-state index < -0.39 is 10.0 Å². The third-order valence-electron chi connectivity index (χ3n) is 5.01. The molecule has 2 fully saturated rings. The molecule has 2 N–H and O–H groups in total. The summed E-state index contributed by atoms with van der Waals surface area (Å²) in [6.45, 7) is 4.25. The van der Waals surface area contributed by atoms with Gasteiger partial charge in [-0.3, -0.25) is 4.79 Å². The van der Waals surface area contributed by atoms with Crippen molar-refractivity contribution in [1.29, 1.82) is 0 Å². The van der Waals surface area contributed by atoms with Gasteiger partial charge in [-0.2, -0.15) is 4.31 Å². The smallest absolute Gasteiger partial charge is 0.265 e. The highest BCUT2D eigenvalue weighted by atomic mass is 35.5. The second kappa shape index (κ2) is 8.35. The molecular weight excluding hydrogens is 382 g/mol. The molecule has 3 heterocycles. The number of likely N-dealkylation sites (tertiary alicyclic amines) is 1. The summed E-state index contributed by atoms with van der Waals surface area (Å²) in [5, 5.41) is 1.70. The quantitative estimate of drug-likeness (QED) is 0.828. The standard InChI is InChI=1S/C16H25N3O3S2.ClH/c1-12-9-13(10-17)11-19(12)16(20)15-14(5-8-23-15)24(21,22)18-6-3-2-4-7-18;/h5,8,12-13H,2-4,6-7,9-11,17H2,1H3;1H. The number of sulfonamides is 1. The van der Waals surface area contributed by atoms with E-state index in [0.717, 1.165) is 25.7 Å². The Morgan fingerprint density at radius 2 is 2.00 bits per heavy atom. The van der Waals surface area contributed by atoms with E-state index in [-0.39, 0.29) is 29.3 Å². The van der Waals surface area contributed by atoms with Crippen molar-refractivity contribution in [3.63, 3.8) is 0 Å². The van der Waals surface area contributed by atoms with E-state index in [0.29, 0.717) is 37.0 Å². The summed E-state index contributed by atoms with van der Waals surface area (Å²) in [6, 6.07) is 1.67. The van der Waals surface area contributed by atoms with Crippen molar-refractivity contribution in [2.24, 2.45) is 11.7 Å². The van der Waals surface area contributed by atoms with Crippen LogP contribution in [0.25, 0.3) is 0 Å². The van der Waals surface area contributed by atoms with Crippen LogP contribution in [-0.2, 0) is 10.0 Å². The molecule has 6 nitrogen and oxygen atoms in total. The lowest BCUT2D eigenvalue weighted by atomic mass is 10.1. The van der Waals surface area contributed by atoms with Crippen molar-refractivity contribution in [3.8, 4) is 0 Å². The van der Waals surface area contributed by atoms with Crippen molar-refractivity contribution in [2.45, 2.75) is 43.5 Å². The van der Waals surface area contributed by atoms with E-state index in [4.69, 9.17) is 5.73 Å². The first kappa shape index (κ1) is 20.6. The fourth-order valence-electron chi connectivity index (χ4n) is 3.63. The second-order valence-electron chi connectivity index (χ2n) is 6.72. The lowest BCUT2D eigenvalue weighted by Crippen LogP contribution is -2.38. The van der Waals surface area contributed by atoms with Gasteiger partial charge in [0.25, 0.3) is 5.91 Å². The first-order valence-electron chi connectivity index (χ1n) is 8.54. The number of rotatable bonds is 4. The molecule has 1 aromatic heterocycles. The highest BCUT2D eigenvalue weighted by molar-refractivity contribution is 7.89. The molecule has 0 aliphatic carbocycles. The molecule has 25 heavy (non-hydrogen) atoms. The minimum Gasteiger partial charge on any atom is -0.335 e. The van der Waals surface area contributed by atoms with Gasteiger partial charge < -0.3 is 10.6 Å². The zero-order chi connectivity index (χ0) is 17.3. The van der Waals surface area contributed by atoms with Crippen LogP contribution in [0.1, 0.15) is 42.3 Å². The SMILES string of the molecule is CC1CC(CN)CN1C(=O)c1sccc1S(=O)(=O)N1CCCCC1.Cl. The van der Waals surface area contributed by atoms with Crippen LogP contribution in [0.3, 0.4) is 0 Å². The Bertz CT molecular complexity index is 701. The van der Waals surface area contributed by atoms with Gasteiger partial charge >= 0.3 is 0 Å². The monoisotopic (exact) mass is 407 g/mol. The highest BCUT2D eigenvalue weighted by Gasteiger charge is 2.37. The van der Waals surface area contributed by atoms with E-state index in [2.05, 4.69) is 0 Å². The minimum absolute atomic E-state index is 0. The number of nitrogens with zero attached hydrogens (tertiary/aromatic N) is 2. The molecule has 2 unspecified atom stereocenters. The number of halogens is 1. The summed E-state index contributed by atoms with van der Waals surface area (Å²) in [5.74, 6) is 0.120. The van der Waals surface area contributed by atoms with E-state index in [1.165, 1.54) is 15.6 Å². The van der Waals surface area contributed by atoms with Crippen LogP contribution in [0.15, 0.2) is 16.3 Å². The third-order valence-corrected chi connectivity index (χ3v) is 7.98. The summed E-state index contributed by atoms with van der Waals surface area (Å²) >= 11 is 1.22.